The van der Waals surface area contributed by atoms with Gasteiger partial charge in [0.1, 0.15) is 5.92 Å². The van der Waals surface area contributed by atoms with Crippen LogP contribution in [-0.4, -0.2) is 44.2 Å². The normalized spacial score (nSPS) is 27.6. The van der Waals surface area contributed by atoms with Gasteiger partial charge < -0.3 is 15.0 Å². The van der Waals surface area contributed by atoms with E-state index in [0.717, 1.165) is 38.8 Å². The molecular weight excluding hydrogens is 232 g/mol. The average molecular weight is 255 g/mol. The standard InChI is InChI=1S/C13H22N2O3/c1-2-18-13(17)10-4-3-7-15(8-10)9-12(16)14-11-5-6-11/h10-11H,2-9H2,1H3,(H,14,16)/p+1/t10-/m0/s1. The SMILES string of the molecule is CCOC(=O)[C@H]1CCC[NH+](CC(=O)NC2CC2)C1. The lowest BCUT2D eigenvalue weighted by Crippen LogP contribution is -3.14. The van der Waals surface area contributed by atoms with Crippen LogP contribution in [-0.2, 0) is 14.3 Å². The van der Waals surface area contributed by atoms with Gasteiger partial charge in [-0.05, 0) is 32.6 Å². The Hall–Kier alpha value is -1.10. The lowest BCUT2D eigenvalue weighted by atomic mass is 9.98. The maximum atomic E-state index is 11.7. The van der Waals surface area contributed by atoms with E-state index in [4.69, 9.17) is 4.74 Å². The largest absolute Gasteiger partial charge is 0.466 e. The fourth-order valence-electron chi connectivity index (χ4n) is 2.51. The second-order valence-electron chi connectivity index (χ2n) is 5.31. The molecule has 2 aliphatic rings. The van der Waals surface area contributed by atoms with Crippen molar-refractivity contribution in [2.45, 2.75) is 38.6 Å². The number of amides is 1. The zero-order chi connectivity index (χ0) is 13.0. The number of esters is 1. The summed E-state index contributed by atoms with van der Waals surface area (Å²) in [4.78, 5) is 24.6. The van der Waals surface area contributed by atoms with Crippen LogP contribution in [0.5, 0.6) is 0 Å². The minimum absolute atomic E-state index is 0.0255. The number of hydrogen-bond donors (Lipinski definition) is 2. The number of carbonyl (C=O) groups excluding carboxylic acids is 2. The van der Waals surface area contributed by atoms with E-state index in [1.165, 1.54) is 4.90 Å². The second kappa shape index (κ2) is 6.18. The molecule has 1 aliphatic heterocycles. The summed E-state index contributed by atoms with van der Waals surface area (Å²) in [6, 6.07) is 0.419. The molecule has 2 N–H and O–H groups in total. The Morgan fingerprint density at radius 1 is 1.33 bits per heavy atom. The van der Waals surface area contributed by atoms with Gasteiger partial charge in [-0.15, -0.1) is 0 Å². The van der Waals surface area contributed by atoms with Gasteiger partial charge in [0, 0.05) is 6.04 Å². The summed E-state index contributed by atoms with van der Waals surface area (Å²) in [6.45, 7) is 4.47. The first-order chi connectivity index (χ1) is 8.69. The van der Waals surface area contributed by atoms with Gasteiger partial charge in [-0.2, -0.15) is 0 Å². The molecule has 1 aliphatic carbocycles. The summed E-state index contributed by atoms with van der Waals surface area (Å²) in [5.41, 5.74) is 0. The van der Waals surface area contributed by atoms with E-state index in [1.54, 1.807) is 0 Å². The first-order valence-electron chi connectivity index (χ1n) is 6.98. The maximum Gasteiger partial charge on any atom is 0.314 e. The minimum Gasteiger partial charge on any atom is -0.466 e. The Morgan fingerprint density at radius 3 is 2.78 bits per heavy atom. The van der Waals surface area contributed by atoms with Crippen LogP contribution in [0.3, 0.4) is 0 Å². The molecule has 1 heterocycles. The molecule has 5 nitrogen and oxygen atoms in total. The van der Waals surface area contributed by atoms with Crippen LogP contribution in [0.4, 0.5) is 0 Å². The zero-order valence-corrected chi connectivity index (χ0v) is 11.0. The molecular formula is C13H23N2O3+. The van der Waals surface area contributed by atoms with Crippen LogP contribution in [0.15, 0.2) is 0 Å². The summed E-state index contributed by atoms with van der Waals surface area (Å²) >= 11 is 0. The molecule has 2 rings (SSSR count). The number of quaternary nitrogens is 1. The van der Waals surface area contributed by atoms with Crippen molar-refractivity contribution >= 4 is 11.9 Å². The Labute approximate surface area is 108 Å². The van der Waals surface area contributed by atoms with E-state index in [2.05, 4.69) is 5.32 Å². The third-order valence-electron chi connectivity index (χ3n) is 3.59. The fraction of sp³-hybridized carbons (Fsp3) is 0.846. The molecule has 0 bridgehead atoms. The van der Waals surface area contributed by atoms with Crippen molar-refractivity contribution in [2.24, 2.45) is 5.92 Å². The molecule has 1 saturated heterocycles. The molecule has 0 aromatic carbocycles. The predicted octanol–water partition coefficient (Wildman–Crippen LogP) is -0.877. The number of nitrogens with one attached hydrogen (secondary N) is 2. The van der Waals surface area contributed by atoms with E-state index >= 15 is 0 Å². The molecule has 1 unspecified atom stereocenters. The first-order valence-corrected chi connectivity index (χ1v) is 6.98. The number of rotatable bonds is 5. The third kappa shape index (κ3) is 3.98. The average Bonchev–Trinajstić information content (AvgIpc) is 3.13. The van der Waals surface area contributed by atoms with Crippen molar-refractivity contribution in [3.63, 3.8) is 0 Å². The number of hydrogen-bond acceptors (Lipinski definition) is 3. The van der Waals surface area contributed by atoms with Gasteiger partial charge in [0.15, 0.2) is 6.54 Å². The van der Waals surface area contributed by atoms with Crippen molar-refractivity contribution in [2.75, 3.05) is 26.2 Å². The van der Waals surface area contributed by atoms with Crippen LogP contribution in [0.1, 0.15) is 32.6 Å². The summed E-state index contributed by atoms with van der Waals surface area (Å²) in [6.07, 6.45) is 4.13. The molecule has 0 spiro atoms. The van der Waals surface area contributed by atoms with E-state index in [9.17, 15) is 9.59 Å². The van der Waals surface area contributed by atoms with E-state index in [0.29, 0.717) is 19.2 Å². The number of carbonyl (C=O) groups is 2. The first kappa shape index (κ1) is 13.3. The highest BCUT2D eigenvalue weighted by Gasteiger charge is 2.31. The van der Waals surface area contributed by atoms with Gasteiger partial charge in [-0.1, -0.05) is 0 Å². The Bertz CT molecular complexity index is 315. The summed E-state index contributed by atoms with van der Waals surface area (Å²) in [5, 5.41) is 2.99. The van der Waals surface area contributed by atoms with Gasteiger partial charge in [0.25, 0.3) is 5.91 Å². The topological polar surface area (TPSA) is 59.8 Å². The van der Waals surface area contributed by atoms with Gasteiger partial charge in [0.05, 0.1) is 19.7 Å². The van der Waals surface area contributed by atoms with Crippen molar-refractivity contribution in [1.82, 2.24) is 5.32 Å². The van der Waals surface area contributed by atoms with Crippen molar-refractivity contribution in [3.05, 3.63) is 0 Å². The van der Waals surface area contributed by atoms with Crippen molar-refractivity contribution in [1.29, 1.82) is 0 Å². The second-order valence-corrected chi connectivity index (χ2v) is 5.31. The van der Waals surface area contributed by atoms with E-state index < -0.39 is 0 Å². The van der Waals surface area contributed by atoms with E-state index in [1.807, 2.05) is 6.92 Å². The number of piperidine rings is 1. The highest BCUT2D eigenvalue weighted by atomic mass is 16.5. The van der Waals surface area contributed by atoms with Gasteiger partial charge in [-0.25, -0.2) is 0 Å². The van der Waals surface area contributed by atoms with Gasteiger partial charge in [0.2, 0.25) is 0 Å². The maximum absolute atomic E-state index is 11.7. The lowest BCUT2D eigenvalue weighted by molar-refractivity contribution is -0.899. The van der Waals surface area contributed by atoms with Crippen LogP contribution >= 0.6 is 0 Å². The molecule has 102 valence electrons. The van der Waals surface area contributed by atoms with Crippen LogP contribution in [0, 0.1) is 5.92 Å². The highest BCUT2D eigenvalue weighted by molar-refractivity contribution is 5.77. The molecule has 2 atom stereocenters. The van der Waals surface area contributed by atoms with Crippen molar-refractivity contribution in [3.8, 4) is 0 Å². The molecule has 0 aromatic heterocycles. The Kier molecular flexibility index (Phi) is 4.58. The Morgan fingerprint density at radius 2 is 2.11 bits per heavy atom. The summed E-state index contributed by atoms with van der Waals surface area (Å²) < 4.78 is 5.06. The quantitative estimate of drug-likeness (QED) is 0.627. The molecule has 18 heavy (non-hydrogen) atoms. The molecule has 1 amide bonds. The van der Waals surface area contributed by atoms with Crippen LogP contribution in [0.25, 0.3) is 0 Å². The smallest absolute Gasteiger partial charge is 0.314 e. The van der Waals surface area contributed by atoms with Gasteiger partial charge >= 0.3 is 5.97 Å². The van der Waals surface area contributed by atoms with Crippen LogP contribution < -0.4 is 10.2 Å². The molecule has 5 heteroatoms. The summed E-state index contributed by atoms with van der Waals surface area (Å²) in [7, 11) is 0. The molecule has 2 fully saturated rings. The highest BCUT2D eigenvalue weighted by Crippen LogP contribution is 2.18. The lowest BCUT2D eigenvalue weighted by Gasteiger charge is -2.28. The van der Waals surface area contributed by atoms with E-state index in [-0.39, 0.29) is 17.8 Å². The molecule has 1 saturated carbocycles. The number of ether oxygens (including phenoxy) is 1. The molecule has 0 radical (unpaired) electrons. The number of likely N-dealkylation sites (tertiary alicyclic amines) is 1. The van der Waals surface area contributed by atoms with Gasteiger partial charge in [-0.3, -0.25) is 9.59 Å². The monoisotopic (exact) mass is 255 g/mol. The predicted molar refractivity (Wildman–Crippen MR) is 66.1 cm³/mol. The fourth-order valence-corrected chi connectivity index (χ4v) is 2.51. The van der Waals surface area contributed by atoms with Crippen molar-refractivity contribution < 1.29 is 19.2 Å². The minimum atomic E-state index is -0.0997. The molecule has 0 aromatic rings. The zero-order valence-electron chi connectivity index (χ0n) is 11.0. The summed E-state index contributed by atoms with van der Waals surface area (Å²) in [5.74, 6) is -0.00302. The Balaban J connectivity index is 1.74. The third-order valence-corrected chi connectivity index (χ3v) is 3.59. The van der Waals surface area contributed by atoms with Crippen LogP contribution in [0.2, 0.25) is 0 Å².